The zero-order valence-corrected chi connectivity index (χ0v) is 12.4. The summed E-state index contributed by atoms with van der Waals surface area (Å²) in [4.78, 5) is 10.8. The standard InChI is InChI=1S/C16H28O4/c1-2-3-4-7-14(17)9-8-13-6-5-10-16(20,11-13)12-15(18)19/h8-9,13-14,17,20H,2-7,10-12H2,1H3,(H,18,19)/b9-8+/t13-,14?,16-/m1/s1. The average molecular weight is 284 g/mol. The Hall–Kier alpha value is -0.870. The second-order valence-electron chi connectivity index (χ2n) is 6.10. The molecule has 1 aliphatic carbocycles. The summed E-state index contributed by atoms with van der Waals surface area (Å²) in [6.45, 7) is 2.13. The molecule has 1 unspecified atom stereocenters. The van der Waals surface area contributed by atoms with Gasteiger partial charge in [-0.25, -0.2) is 0 Å². The van der Waals surface area contributed by atoms with Gasteiger partial charge in [0, 0.05) is 0 Å². The molecule has 0 spiro atoms. The van der Waals surface area contributed by atoms with E-state index in [-0.39, 0.29) is 12.3 Å². The van der Waals surface area contributed by atoms with Crippen molar-refractivity contribution in [2.45, 2.75) is 76.4 Å². The number of carboxylic acid groups (broad SMARTS) is 1. The predicted molar refractivity (Wildman–Crippen MR) is 78.4 cm³/mol. The van der Waals surface area contributed by atoms with E-state index in [0.29, 0.717) is 12.8 Å². The fourth-order valence-electron chi connectivity index (χ4n) is 2.98. The maximum Gasteiger partial charge on any atom is 0.306 e. The van der Waals surface area contributed by atoms with Crippen molar-refractivity contribution in [3.8, 4) is 0 Å². The predicted octanol–water partition coefficient (Wildman–Crippen LogP) is 2.88. The molecule has 0 aromatic carbocycles. The van der Waals surface area contributed by atoms with Gasteiger partial charge in [0.2, 0.25) is 0 Å². The summed E-state index contributed by atoms with van der Waals surface area (Å²) < 4.78 is 0. The number of aliphatic hydroxyl groups excluding tert-OH is 1. The van der Waals surface area contributed by atoms with Gasteiger partial charge in [-0.2, -0.15) is 0 Å². The molecule has 0 radical (unpaired) electrons. The van der Waals surface area contributed by atoms with Crippen LogP contribution in [0.3, 0.4) is 0 Å². The van der Waals surface area contributed by atoms with Crippen molar-refractivity contribution in [1.82, 2.24) is 0 Å². The molecule has 0 bridgehead atoms. The third kappa shape index (κ3) is 6.53. The molecule has 20 heavy (non-hydrogen) atoms. The van der Waals surface area contributed by atoms with Crippen LogP contribution in [-0.4, -0.2) is 33.0 Å². The molecule has 1 fully saturated rings. The second kappa shape index (κ2) is 8.42. The van der Waals surface area contributed by atoms with Crippen molar-refractivity contribution in [2.75, 3.05) is 0 Å². The van der Waals surface area contributed by atoms with Crippen LogP contribution >= 0.6 is 0 Å². The van der Waals surface area contributed by atoms with Gasteiger partial charge in [-0.3, -0.25) is 4.79 Å². The Kier molecular flexibility index (Phi) is 7.24. The van der Waals surface area contributed by atoms with E-state index in [9.17, 15) is 15.0 Å². The van der Waals surface area contributed by atoms with Gasteiger partial charge in [-0.05, 0) is 38.0 Å². The third-order valence-corrected chi connectivity index (χ3v) is 4.05. The molecule has 0 heterocycles. The minimum Gasteiger partial charge on any atom is -0.481 e. The molecule has 4 heteroatoms. The molecule has 3 N–H and O–H groups in total. The molecule has 4 nitrogen and oxygen atoms in total. The lowest BCUT2D eigenvalue weighted by Gasteiger charge is -2.34. The van der Waals surface area contributed by atoms with Crippen LogP contribution in [0.2, 0.25) is 0 Å². The molecule has 3 atom stereocenters. The smallest absolute Gasteiger partial charge is 0.306 e. The summed E-state index contributed by atoms with van der Waals surface area (Å²) in [5, 5.41) is 28.9. The first-order valence-corrected chi connectivity index (χ1v) is 7.76. The van der Waals surface area contributed by atoms with Crippen LogP contribution in [0.1, 0.15) is 64.7 Å². The van der Waals surface area contributed by atoms with Crippen LogP contribution in [0.5, 0.6) is 0 Å². The number of aliphatic carboxylic acids is 1. The molecular weight excluding hydrogens is 256 g/mol. The fourth-order valence-corrected chi connectivity index (χ4v) is 2.98. The van der Waals surface area contributed by atoms with E-state index < -0.39 is 17.7 Å². The first-order valence-electron chi connectivity index (χ1n) is 7.76. The van der Waals surface area contributed by atoms with Gasteiger partial charge in [0.05, 0.1) is 18.1 Å². The van der Waals surface area contributed by atoms with Crippen molar-refractivity contribution in [1.29, 1.82) is 0 Å². The van der Waals surface area contributed by atoms with Gasteiger partial charge >= 0.3 is 5.97 Å². The first kappa shape index (κ1) is 17.2. The number of allylic oxidation sites excluding steroid dienone is 1. The largest absolute Gasteiger partial charge is 0.481 e. The molecular formula is C16H28O4. The number of hydrogen-bond donors (Lipinski definition) is 3. The Labute approximate surface area is 121 Å². The Morgan fingerprint density at radius 1 is 1.45 bits per heavy atom. The number of carboxylic acids is 1. The van der Waals surface area contributed by atoms with Crippen LogP contribution < -0.4 is 0 Å². The number of carbonyl (C=O) groups is 1. The highest BCUT2D eigenvalue weighted by molar-refractivity contribution is 5.68. The van der Waals surface area contributed by atoms with Crippen molar-refractivity contribution in [3.63, 3.8) is 0 Å². The van der Waals surface area contributed by atoms with Gasteiger partial charge in [0.25, 0.3) is 0 Å². The molecule has 0 aromatic heterocycles. The van der Waals surface area contributed by atoms with Crippen molar-refractivity contribution >= 4 is 5.97 Å². The van der Waals surface area contributed by atoms with E-state index >= 15 is 0 Å². The Bertz CT molecular complexity index is 326. The van der Waals surface area contributed by atoms with E-state index in [1.54, 1.807) is 0 Å². The number of hydrogen-bond acceptors (Lipinski definition) is 3. The van der Waals surface area contributed by atoms with Crippen molar-refractivity contribution < 1.29 is 20.1 Å². The summed E-state index contributed by atoms with van der Waals surface area (Å²) in [6.07, 6.45) is 10.1. The van der Waals surface area contributed by atoms with Crippen LogP contribution in [0.4, 0.5) is 0 Å². The molecule has 0 saturated heterocycles. The zero-order valence-electron chi connectivity index (χ0n) is 12.4. The van der Waals surface area contributed by atoms with Gasteiger partial charge < -0.3 is 15.3 Å². The van der Waals surface area contributed by atoms with Gasteiger partial charge in [0.15, 0.2) is 0 Å². The summed E-state index contributed by atoms with van der Waals surface area (Å²) in [6, 6.07) is 0. The number of aliphatic hydroxyl groups is 2. The highest BCUT2D eigenvalue weighted by Gasteiger charge is 2.35. The molecule has 0 aliphatic heterocycles. The minimum atomic E-state index is -1.08. The van der Waals surface area contributed by atoms with E-state index in [1.165, 1.54) is 0 Å². The topological polar surface area (TPSA) is 77.8 Å². The van der Waals surface area contributed by atoms with Crippen molar-refractivity contribution in [3.05, 3.63) is 12.2 Å². The Morgan fingerprint density at radius 3 is 2.85 bits per heavy atom. The lowest BCUT2D eigenvalue weighted by Crippen LogP contribution is -2.37. The SMILES string of the molecule is CCCCCC(O)/C=C/[C@H]1CCC[C@](O)(CC(=O)O)C1. The van der Waals surface area contributed by atoms with Gasteiger partial charge in [-0.1, -0.05) is 38.3 Å². The highest BCUT2D eigenvalue weighted by atomic mass is 16.4. The van der Waals surface area contributed by atoms with Crippen LogP contribution in [0, 0.1) is 5.92 Å². The minimum absolute atomic E-state index is 0.175. The molecule has 116 valence electrons. The average Bonchev–Trinajstić information content (AvgIpc) is 2.35. The summed E-state index contributed by atoms with van der Waals surface area (Å²) in [5.41, 5.74) is -1.08. The molecule has 1 rings (SSSR count). The number of unbranched alkanes of at least 4 members (excludes halogenated alkanes) is 2. The number of rotatable bonds is 8. The zero-order chi connectivity index (χ0) is 15.0. The lowest BCUT2D eigenvalue weighted by molar-refractivity contribution is -0.144. The fraction of sp³-hybridized carbons (Fsp3) is 0.812. The summed E-state index contributed by atoms with van der Waals surface area (Å²) >= 11 is 0. The maximum absolute atomic E-state index is 10.8. The van der Waals surface area contributed by atoms with Crippen LogP contribution in [0.15, 0.2) is 12.2 Å². The lowest BCUT2D eigenvalue weighted by atomic mass is 9.76. The molecule has 0 aromatic rings. The summed E-state index contributed by atoms with van der Waals surface area (Å²) in [5.74, 6) is -0.773. The van der Waals surface area contributed by atoms with Crippen molar-refractivity contribution in [2.24, 2.45) is 5.92 Å². The molecule has 0 amide bonds. The van der Waals surface area contributed by atoms with E-state index in [1.807, 2.05) is 12.2 Å². The van der Waals surface area contributed by atoms with E-state index in [2.05, 4.69) is 6.92 Å². The summed E-state index contributed by atoms with van der Waals surface area (Å²) in [7, 11) is 0. The van der Waals surface area contributed by atoms with Crippen LogP contribution in [-0.2, 0) is 4.79 Å². The van der Waals surface area contributed by atoms with Gasteiger partial charge in [0.1, 0.15) is 0 Å². The quantitative estimate of drug-likeness (QED) is 0.473. The van der Waals surface area contributed by atoms with Crippen LogP contribution in [0.25, 0.3) is 0 Å². The molecule has 1 saturated carbocycles. The second-order valence-corrected chi connectivity index (χ2v) is 6.10. The first-order chi connectivity index (χ1) is 9.45. The van der Waals surface area contributed by atoms with E-state index in [4.69, 9.17) is 5.11 Å². The highest BCUT2D eigenvalue weighted by Crippen LogP contribution is 2.35. The normalized spacial score (nSPS) is 28.6. The van der Waals surface area contributed by atoms with Gasteiger partial charge in [-0.15, -0.1) is 0 Å². The Morgan fingerprint density at radius 2 is 2.20 bits per heavy atom. The van der Waals surface area contributed by atoms with E-state index in [0.717, 1.165) is 38.5 Å². The maximum atomic E-state index is 10.8. The molecule has 1 aliphatic rings. The monoisotopic (exact) mass is 284 g/mol. The Balaban J connectivity index is 2.41. The third-order valence-electron chi connectivity index (χ3n) is 4.05.